The Morgan fingerprint density at radius 1 is 1.03 bits per heavy atom. The smallest absolute Gasteiger partial charge is 0.280 e. The summed E-state index contributed by atoms with van der Waals surface area (Å²) in [6.45, 7) is 6.32. The molecule has 0 aliphatic rings. The van der Waals surface area contributed by atoms with Crippen LogP contribution in [0.2, 0.25) is 0 Å². The van der Waals surface area contributed by atoms with E-state index in [1.807, 2.05) is 19.1 Å². The number of nitrogens with zero attached hydrogens (tertiary/aromatic N) is 3. The Labute approximate surface area is 209 Å². The van der Waals surface area contributed by atoms with Crippen molar-refractivity contribution in [3.63, 3.8) is 0 Å². The van der Waals surface area contributed by atoms with Crippen LogP contribution >= 0.6 is 0 Å². The standard InChI is InChI=1S/C28H30F2N4O2/c1-5-17(3)18-7-9-19(10-8-18)23(6-2)33-28(35)22-16-31-34-25(26(29)30)15-24(32-27(22)34)20-11-13-21(36-4)14-12-20/h7-17,23,26H,5-6H2,1-4H3,(H,33,35)/t17-,23+/m1/s1. The summed E-state index contributed by atoms with van der Waals surface area (Å²) in [5.74, 6) is 0.686. The first kappa shape index (κ1) is 25.3. The number of carbonyl (C=O) groups excluding carboxylic acids is 1. The lowest BCUT2D eigenvalue weighted by Crippen LogP contribution is -2.28. The number of nitrogens with one attached hydrogen (secondary N) is 1. The van der Waals surface area contributed by atoms with Gasteiger partial charge in [-0.05, 0) is 60.2 Å². The summed E-state index contributed by atoms with van der Waals surface area (Å²) in [6, 6.07) is 16.2. The lowest BCUT2D eigenvalue weighted by atomic mass is 9.95. The summed E-state index contributed by atoms with van der Waals surface area (Å²) in [4.78, 5) is 17.8. The van der Waals surface area contributed by atoms with Crippen molar-refractivity contribution in [3.8, 4) is 17.0 Å². The van der Waals surface area contributed by atoms with Crippen molar-refractivity contribution < 1.29 is 18.3 Å². The van der Waals surface area contributed by atoms with Gasteiger partial charge in [-0.2, -0.15) is 5.10 Å². The monoisotopic (exact) mass is 492 g/mol. The quantitative estimate of drug-likeness (QED) is 0.281. The number of methoxy groups -OCH3 is 1. The second-order valence-corrected chi connectivity index (χ2v) is 8.80. The number of rotatable bonds is 9. The molecule has 0 aliphatic heterocycles. The predicted octanol–water partition coefficient (Wildman–Crippen LogP) is 6.74. The number of ether oxygens (including phenoxy) is 1. The van der Waals surface area contributed by atoms with Crippen LogP contribution in [0, 0.1) is 0 Å². The minimum absolute atomic E-state index is 0.0816. The highest BCUT2D eigenvalue weighted by Gasteiger charge is 2.23. The molecule has 2 aromatic heterocycles. The second kappa shape index (κ2) is 10.8. The van der Waals surface area contributed by atoms with E-state index in [1.165, 1.54) is 17.8 Å². The van der Waals surface area contributed by atoms with E-state index in [0.717, 1.165) is 16.5 Å². The molecule has 0 unspecified atom stereocenters. The zero-order chi connectivity index (χ0) is 25.8. The van der Waals surface area contributed by atoms with Gasteiger partial charge in [0, 0.05) is 5.56 Å². The number of carbonyl (C=O) groups is 1. The van der Waals surface area contributed by atoms with Crippen LogP contribution in [-0.4, -0.2) is 27.6 Å². The molecule has 2 atom stereocenters. The highest BCUT2D eigenvalue weighted by Crippen LogP contribution is 2.28. The van der Waals surface area contributed by atoms with Crippen LogP contribution in [0.15, 0.2) is 60.8 Å². The second-order valence-electron chi connectivity index (χ2n) is 8.80. The molecule has 0 bridgehead atoms. The Hall–Kier alpha value is -3.81. The van der Waals surface area contributed by atoms with Gasteiger partial charge >= 0.3 is 0 Å². The average Bonchev–Trinajstić information content (AvgIpc) is 3.35. The fourth-order valence-corrected chi connectivity index (χ4v) is 4.16. The molecule has 4 rings (SSSR count). The van der Waals surface area contributed by atoms with Gasteiger partial charge in [0.05, 0.1) is 25.0 Å². The van der Waals surface area contributed by atoms with Crippen molar-refractivity contribution in [3.05, 3.63) is 83.2 Å². The maximum absolute atomic E-state index is 13.9. The van der Waals surface area contributed by atoms with Gasteiger partial charge in [-0.3, -0.25) is 4.79 Å². The maximum atomic E-state index is 13.9. The summed E-state index contributed by atoms with van der Waals surface area (Å²) in [7, 11) is 1.55. The number of hydrogen-bond acceptors (Lipinski definition) is 4. The molecular formula is C28H30F2N4O2. The van der Waals surface area contributed by atoms with Gasteiger partial charge in [0.2, 0.25) is 0 Å². The highest BCUT2D eigenvalue weighted by molar-refractivity contribution is 6.00. The van der Waals surface area contributed by atoms with Gasteiger partial charge in [-0.15, -0.1) is 0 Å². The third kappa shape index (κ3) is 5.08. The fourth-order valence-electron chi connectivity index (χ4n) is 4.16. The van der Waals surface area contributed by atoms with E-state index in [2.05, 4.69) is 41.4 Å². The minimum atomic E-state index is -2.80. The predicted molar refractivity (Wildman–Crippen MR) is 136 cm³/mol. The molecule has 0 spiro atoms. The fraction of sp³-hybridized carbons (Fsp3) is 0.321. The van der Waals surface area contributed by atoms with Crippen LogP contribution in [-0.2, 0) is 0 Å². The number of halogens is 2. The van der Waals surface area contributed by atoms with E-state index in [0.29, 0.717) is 29.3 Å². The van der Waals surface area contributed by atoms with Gasteiger partial charge in [0.1, 0.15) is 17.0 Å². The Morgan fingerprint density at radius 2 is 1.69 bits per heavy atom. The molecular weight excluding hydrogens is 462 g/mol. The molecule has 188 valence electrons. The van der Waals surface area contributed by atoms with Crippen molar-refractivity contribution in [2.24, 2.45) is 0 Å². The molecule has 4 aromatic rings. The Bertz CT molecular complexity index is 1330. The largest absolute Gasteiger partial charge is 0.497 e. The molecule has 36 heavy (non-hydrogen) atoms. The SMILES string of the molecule is CC[C@@H](C)c1ccc([C@H](CC)NC(=O)c2cnn3c(C(F)F)cc(-c4ccc(OC)cc4)nc23)cc1. The molecule has 2 heterocycles. The first-order valence-electron chi connectivity index (χ1n) is 12.1. The number of hydrogen-bond donors (Lipinski definition) is 1. The first-order valence-corrected chi connectivity index (χ1v) is 12.1. The molecule has 0 saturated carbocycles. The van der Waals surface area contributed by atoms with Crippen LogP contribution in [0.5, 0.6) is 5.75 Å². The summed E-state index contributed by atoms with van der Waals surface area (Å²) in [5.41, 5.74) is 3.07. The van der Waals surface area contributed by atoms with Crippen LogP contribution in [0.3, 0.4) is 0 Å². The van der Waals surface area contributed by atoms with Crippen molar-refractivity contribution >= 4 is 11.6 Å². The number of alkyl halides is 2. The Balaban J connectivity index is 1.67. The summed E-state index contributed by atoms with van der Waals surface area (Å²) < 4.78 is 34.0. The maximum Gasteiger partial charge on any atom is 0.280 e. The van der Waals surface area contributed by atoms with Crippen LogP contribution < -0.4 is 10.1 Å². The van der Waals surface area contributed by atoms with Crippen molar-refractivity contribution in [1.29, 1.82) is 0 Å². The summed E-state index contributed by atoms with van der Waals surface area (Å²) in [6.07, 6.45) is 0.213. The molecule has 2 aromatic carbocycles. The van der Waals surface area contributed by atoms with Gasteiger partial charge < -0.3 is 10.1 Å². The molecule has 0 aliphatic carbocycles. The third-order valence-corrected chi connectivity index (χ3v) is 6.59. The van der Waals surface area contributed by atoms with E-state index in [4.69, 9.17) is 4.74 Å². The van der Waals surface area contributed by atoms with Crippen LogP contribution in [0.25, 0.3) is 16.9 Å². The van der Waals surface area contributed by atoms with Gasteiger partial charge in [-0.25, -0.2) is 18.3 Å². The van der Waals surface area contributed by atoms with E-state index in [-0.39, 0.29) is 22.9 Å². The third-order valence-electron chi connectivity index (χ3n) is 6.59. The zero-order valence-corrected chi connectivity index (χ0v) is 20.8. The van der Waals surface area contributed by atoms with Crippen LogP contribution in [0.1, 0.15) is 79.2 Å². The topological polar surface area (TPSA) is 68.5 Å². The zero-order valence-electron chi connectivity index (χ0n) is 20.8. The normalized spacial score (nSPS) is 13.1. The molecule has 1 N–H and O–H groups in total. The molecule has 0 fully saturated rings. The van der Waals surface area contributed by atoms with Gasteiger partial charge in [0.25, 0.3) is 12.3 Å². The van der Waals surface area contributed by atoms with Crippen molar-refractivity contribution in [1.82, 2.24) is 19.9 Å². The molecule has 0 radical (unpaired) electrons. The van der Waals surface area contributed by atoms with E-state index in [1.54, 1.807) is 31.4 Å². The number of aromatic nitrogens is 3. The van der Waals surface area contributed by atoms with Crippen molar-refractivity contribution in [2.45, 2.75) is 52.0 Å². The number of amides is 1. The Morgan fingerprint density at radius 3 is 2.28 bits per heavy atom. The van der Waals surface area contributed by atoms with Gasteiger partial charge in [-0.1, -0.05) is 45.0 Å². The van der Waals surface area contributed by atoms with E-state index < -0.39 is 12.3 Å². The summed E-state index contributed by atoms with van der Waals surface area (Å²) >= 11 is 0. The molecule has 1 amide bonds. The van der Waals surface area contributed by atoms with Gasteiger partial charge in [0.15, 0.2) is 5.65 Å². The lowest BCUT2D eigenvalue weighted by Gasteiger charge is -2.18. The lowest BCUT2D eigenvalue weighted by molar-refractivity contribution is 0.0936. The summed E-state index contributed by atoms with van der Waals surface area (Å²) in [5, 5.41) is 7.09. The Kier molecular flexibility index (Phi) is 7.62. The molecule has 0 saturated heterocycles. The van der Waals surface area contributed by atoms with Crippen molar-refractivity contribution in [2.75, 3.05) is 7.11 Å². The average molecular weight is 493 g/mol. The highest BCUT2D eigenvalue weighted by atomic mass is 19.3. The van der Waals surface area contributed by atoms with Crippen LogP contribution in [0.4, 0.5) is 8.78 Å². The molecule has 8 heteroatoms. The number of benzene rings is 2. The van der Waals surface area contributed by atoms with E-state index >= 15 is 0 Å². The number of fused-ring (bicyclic) bond motifs is 1. The first-order chi connectivity index (χ1) is 17.4. The minimum Gasteiger partial charge on any atom is -0.497 e. The van der Waals surface area contributed by atoms with E-state index in [9.17, 15) is 13.6 Å². The molecule has 6 nitrogen and oxygen atoms in total.